The highest BCUT2D eigenvalue weighted by Gasteiger charge is 2.25. The third kappa shape index (κ3) is 4.82. The molecule has 23 heavy (non-hydrogen) atoms. The molecule has 0 aliphatic carbocycles. The Bertz CT molecular complexity index is 563. The molecule has 1 nitrogen and oxygen atoms in total. The Morgan fingerprint density at radius 2 is 1.65 bits per heavy atom. The maximum atomic E-state index is 4.07. The van der Waals surface area contributed by atoms with Crippen LogP contribution in [0.25, 0.3) is 18.2 Å². The number of allylic oxidation sites excluding steroid dienone is 2. The van der Waals surface area contributed by atoms with E-state index in [0.29, 0.717) is 0 Å². The molecular formula is C20H31INP. The van der Waals surface area contributed by atoms with Crippen LogP contribution in [-0.2, 0) is 0 Å². The number of aromatic nitrogens is 1. The van der Waals surface area contributed by atoms with Crippen molar-refractivity contribution >= 4 is 46.0 Å². The summed E-state index contributed by atoms with van der Waals surface area (Å²) in [5.41, 5.74) is 5.82. The van der Waals surface area contributed by atoms with E-state index in [9.17, 15) is 0 Å². The van der Waals surface area contributed by atoms with E-state index in [1.807, 2.05) is 6.08 Å². The van der Waals surface area contributed by atoms with Gasteiger partial charge < -0.3 is 4.34 Å². The lowest BCUT2D eigenvalue weighted by molar-refractivity contribution is 0.664. The Balaban J connectivity index is 3.51. The first-order chi connectivity index (χ1) is 11.1. The zero-order chi connectivity index (χ0) is 17.4. The summed E-state index contributed by atoms with van der Waals surface area (Å²) in [5.74, 6) is 0. The van der Waals surface area contributed by atoms with Gasteiger partial charge in [0.25, 0.3) is 0 Å². The lowest BCUT2D eigenvalue weighted by Crippen LogP contribution is -2.09. The number of halogens is 1. The van der Waals surface area contributed by atoms with Crippen LogP contribution in [0.5, 0.6) is 0 Å². The van der Waals surface area contributed by atoms with E-state index in [1.54, 1.807) is 0 Å². The van der Waals surface area contributed by atoms with Gasteiger partial charge in [-0.3, -0.25) is 0 Å². The molecule has 0 saturated heterocycles. The largest absolute Gasteiger partial charge is 0.313 e. The monoisotopic (exact) mass is 443 g/mol. The maximum absolute atomic E-state index is 4.07. The molecule has 1 aromatic heterocycles. The number of rotatable bonds is 9. The molecule has 0 N–H and O–H groups in total. The molecular weight excluding hydrogens is 412 g/mol. The minimum atomic E-state index is -0.262. The second-order valence-corrected chi connectivity index (χ2v) is 10.5. The van der Waals surface area contributed by atoms with E-state index in [2.05, 4.69) is 91.9 Å². The van der Waals surface area contributed by atoms with E-state index in [0.717, 1.165) is 5.66 Å². The second kappa shape index (κ2) is 10.5. The average molecular weight is 443 g/mol. The molecule has 1 unspecified atom stereocenters. The highest BCUT2D eigenvalue weighted by molar-refractivity contribution is 14.2. The van der Waals surface area contributed by atoms with Gasteiger partial charge in [-0.1, -0.05) is 57.6 Å². The van der Waals surface area contributed by atoms with Crippen LogP contribution in [0.4, 0.5) is 0 Å². The first kappa shape index (κ1) is 20.7. The molecule has 0 aliphatic heterocycles. The van der Waals surface area contributed by atoms with Crippen LogP contribution in [0.2, 0.25) is 0 Å². The average Bonchev–Trinajstić information content (AvgIpc) is 2.79. The van der Waals surface area contributed by atoms with Crippen LogP contribution >= 0.6 is 27.8 Å². The summed E-state index contributed by atoms with van der Waals surface area (Å²) in [6.45, 7) is 15.1. The van der Waals surface area contributed by atoms with Gasteiger partial charge in [0.15, 0.2) is 0 Å². The van der Waals surface area contributed by atoms with Gasteiger partial charge in [-0.15, -0.1) is 0 Å². The predicted octanol–water partition coefficient (Wildman–Crippen LogP) is 8.07. The maximum Gasteiger partial charge on any atom is 0.0650 e. The van der Waals surface area contributed by atoms with Crippen molar-refractivity contribution < 1.29 is 0 Å². The fraction of sp³-hybridized carbons (Fsp3) is 0.500. The van der Waals surface area contributed by atoms with E-state index in [1.165, 1.54) is 48.2 Å². The van der Waals surface area contributed by atoms with Crippen molar-refractivity contribution in [2.75, 3.05) is 0 Å². The summed E-state index contributed by atoms with van der Waals surface area (Å²) in [5, 5.41) is 0. The normalized spacial score (nSPS) is 13.5. The topological polar surface area (TPSA) is 4.93 Å². The lowest BCUT2D eigenvalue weighted by atomic mass is 10.1. The molecule has 128 valence electrons. The van der Waals surface area contributed by atoms with Crippen LogP contribution < -0.4 is 0 Å². The Labute approximate surface area is 157 Å². The quantitative estimate of drug-likeness (QED) is 0.269. The van der Waals surface area contributed by atoms with Crippen molar-refractivity contribution in [3.05, 3.63) is 41.2 Å². The van der Waals surface area contributed by atoms with E-state index in [-0.39, 0.29) is 5.71 Å². The Hall–Kier alpha value is -0.340. The molecule has 0 aromatic carbocycles. The lowest BCUT2D eigenvalue weighted by Gasteiger charge is -2.26. The molecule has 0 spiro atoms. The van der Waals surface area contributed by atoms with Gasteiger partial charge >= 0.3 is 0 Å². The van der Waals surface area contributed by atoms with Gasteiger partial charge in [0.05, 0.1) is 11.4 Å². The zero-order valence-corrected chi connectivity index (χ0v) is 18.3. The van der Waals surface area contributed by atoms with Crippen molar-refractivity contribution in [3.63, 3.8) is 0 Å². The van der Waals surface area contributed by atoms with E-state index in [4.69, 9.17) is 0 Å². The zero-order valence-electron chi connectivity index (χ0n) is 15.3. The van der Waals surface area contributed by atoms with Crippen LogP contribution in [0, 0.1) is 6.92 Å². The molecule has 0 radical (unpaired) electrons. The first-order valence-electron chi connectivity index (χ1n) is 8.65. The summed E-state index contributed by atoms with van der Waals surface area (Å²) >= 11 is 2.72. The van der Waals surface area contributed by atoms with Crippen LogP contribution in [0.1, 0.15) is 75.9 Å². The fourth-order valence-corrected chi connectivity index (χ4v) is 8.47. The molecule has 0 aliphatic rings. The Morgan fingerprint density at radius 1 is 1.09 bits per heavy atom. The fourth-order valence-electron chi connectivity index (χ4n) is 3.08. The van der Waals surface area contributed by atoms with Gasteiger partial charge in [0, 0.05) is 22.5 Å². The second-order valence-electron chi connectivity index (χ2n) is 5.83. The highest BCUT2D eigenvalue weighted by atomic mass is 127. The molecule has 0 bridgehead atoms. The van der Waals surface area contributed by atoms with Crippen molar-refractivity contribution in [3.8, 4) is 0 Å². The first-order valence-corrected chi connectivity index (χ1v) is 12.8. The smallest absolute Gasteiger partial charge is 0.0650 e. The van der Waals surface area contributed by atoms with E-state index < -0.39 is 0 Å². The minimum absolute atomic E-state index is 0.262. The van der Waals surface area contributed by atoms with Gasteiger partial charge in [0.1, 0.15) is 0 Å². The van der Waals surface area contributed by atoms with Crippen LogP contribution in [-0.4, -0.2) is 10.00 Å². The number of hydrogen-bond acceptors (Lipinski definition) is 0. The van der Waals surface area contributed by atoms with E-state index >= 15 is 0 Å². The summed E-state index contributed by atoms with van der Waals surface area (Å²) in [6, 6.07) is 0. The summed E-state index contributed by atoms with van der Waals surface area (Å²) in [6.07, 6.45) is 15.9. The molecule has 0 saturated carbocycles. The highest BCUT2D eigenvalue weighted by Crippen LogP contribution is 2.57. The molecule has 1 rings (SSSR count). The van der Waals surface area contributed by atoms with Gasteiger partial charge in [-0.05, 0) is 61.7 Å². The number of nitrogens with zero attached hydrogens (tertiary/aromatic N) is 1. The summed E-state index contributed by atoms with van der Waals surface area (Å²) in [4.78, 5) is 0. The van der Waals surface area contributed by atoms with Crippen molar-refractivity contribution in [2.45, 2.75) is 66.0 Å². The van der Waals surface area contributed by atoms with Gasteiger partial charge in [0.2, 0.25) is 0 Å². The molecule has 0 fully saturated rings. The van der Waals surface area contributed by atoms with Gasteiger partial charge in [-0.25, -0.2) is 0 Å². The molecule has 1 atom stereocenters. The molecule has 1 heterocycles. The standard InChI is InChI=1S/C20H31INP/c1-7-12-17(13-8-2)23(21)22-16(6)19(14-9-3)18(11-5)20(22)15-10-4/h9-11,14-15,17H,5,7-8,12-13H2,1-4,6H3/b14-9-,15-10-. The predicted molar refractivity (Wildman–Crippen MR) is 119 cm³/mol. The third-order valence-electron chi connectivity index (χ3n) is 4.10. The Morgan fingerprint density at radius 3 is 2.09 bits per heavy atom. The van der Waals surface area contributed by atoms with Crippen LogP contribution in [0.15, 0.2) is 18.7 Å². The van der Waals surface area contributed by atoms with Crippen molar-refractivity contribution in [2.24, 2.45) is 0 Å². The summed E-state index contributed by atoms with van der Waals surface area (Å²) < 4.78 is 2.60. The third-order valence-corrected chi connectivity index (χ3v) is 9.77. The summed E-state index contributed by atoms with van der Waals surface area (Å²) in [7, 11) is 0. The Kier molecular flexibility index (Phi) is 9.46. The van der Waals surface area contributed by atoms with Crippen molar-refractivity contribution in [1.29, 1.82) is 0 Å². The molecule has 1 aromatic rings. The molecule has 0 amide bonds. The van der Waals surface area contributed by atoms with Crippen LogP contribution in [0.3, 0.4) is 0 Å². The molecule has 3 heteroatoms. The van der Waals surface area contributed by atoms with Gasteiger partial charge in [-0.2, -0.15) is 0 Å². The number of hydrogen-bond donors (Lipinski definition) is 0. The van der Waals surface area contributed by atoms with Crippen molar-refractivity contribution in [1.82, 2.24) is 4.34 Å². The minimum Gasteiger partial charge on any atom is -0.313 e. The SMILES string of the molecule is C=Cc1c(/C=C\C)c(C)n(P(I)C(CCC)CCC)c1/C=C\C.